The van der Waals surface area contributed by atoms with Gasteiger partial charge in [0.05, 0.1) is 17.6 Å². The van der Waals surface area contributed by atoms with E-state index in [9.17, 15) is 13.6 Å². The van der Waals surface area contributed by atoms with Crippen molar-refractivity contribution < 1.29 is 27.1 Å². The van der Waals surface area contributed by atoms with E-state index in [-0.39, 0.29) is 78.1 Å². The van der Waals surface area contributed by atoms with Crippen LogP contribution in [0.3, 0.4) is 0 Å². The molecule has 7 rings (SSSR count). The molecule has 3 aromatic carbocycles. The van der Waals surface area contributed by atoms with Crippen molar-refractivity contribution in [2.75, 3.05) is 38.2 Å². The predicted octanol–water partition coefficient (Wildman–Crippen LogP) is 6.08. The van der Waals surface area contributed by atoms with Gasteiger partial charge in [-0.1, -0.05) is 48.5 Å². The molecule has 4 heterocycles. The molecule has 0 N–H and O–H groups in total. The quantitative estimate of drug-likeness (QED) is 0.191. The normalized spacial score (nSPS) is 23.3. The van der Waals surface area contributed by atoms with Crippen molar-refractivity contribution in [1.82, 2.24) is 19.8 Å². The van der Waals surface area contributed by atoms with Crippen LogP contribution in [-0.4, -0.2) is 83.3 Å². The highest BCUT2D eigenvalue weighted by Crippen LogP contribution is 2.43. The molecule has 0 radical (unpaired) electrons. The third-order valence-corrected chi connectivity index (χ3v) is 9.38. The number of benzene rings is 3. The van der Waals surface area contributed by atoms with Crippen LogP contribution in [0.15, 0.2) is 54.9 Å². The number of anilines is 1. The summed E-state index contributed by atoms with van der Waals surface area (Å²) >= 11 is 6.50. The second-order valence-corrected chi connectivity index (χ2v) is 12.0. The summed E-state index contributed by atoms with van der Waals surface area (Å²) in [7, 11) is 1.80. The zero-order chi connectivity index (χ0) is 30.9. The van der Waals surface area contributed by atoms with E-state index in [0.29, 0.717) is 23.4 Å². The molecular formula is C32H28ClF4N5O2. The maximum Gasteiger partial charge on any atom is 0.319 e. The molecule has 1 aromatic heterocycles. The van der Waals surface area contributed by atoms with Gasteiger partial charge in [0.1, 0.15) is 29.9 Å². The summed E-state index contributed by atoms with van der Waals surface area (Å²) in [6, 6.07) is 10.6. The van der Waals surface area contributed by atoms with Gasteiger partial charge in [-0.05, 0) is 43.0 Å². The van der Waals surface area contributed by atoms with Crippen molar-refractivity contribution in [3.63, 3.8) is 0 Å². The minimum Gasteiger partial charge on any atom is -0.462 e. The number of halogens is 5. The number of amides is 1. The van der Waals surface area contributed by atoms with Gasteiger partial charge in [-0.15, -0.1) is 0 Å². The molecule has 12 heteroatoms. The highest BCUT2D eigenvalue weighted by molar-refractivity contribution is 6.36. The van der Waals surface area contributed by atoms with Crippen molar-refractivity contribution in [2.24, 2.45) is 0 Å². The maximum atomic E-state index is 16.6. The maximum absolute atomic E-state index is 16.6. The fraction of sp³-hybridized carbons (Fsp3) is 0.344. The molecule has 3 saturated heterocycles. The fourth-order valence-electron chi connectivity index (χ4n) is 6.84. The van der Waals surface area contributed by atoms with E-state index in [1.54, 1.807) is 31.3 Å². The molecule has 3 fully saturated rings. The average Bonchev–Trinajstić information content (AvgIpc) is 3.48. The molecule has 228 valence electrons. The van der Waals surface area contributed by atoms with Crippen molar-refractivity contribution in [3.8, 4) is 17.1 Å². The van der Waals surface area contributed by atoms with Gasteiger partial charge in [-0.2, -0.15) is 9.97 Å². The van der Waals surface area contributed by atoms with Crippen molar-refractivity contribution in [1.29, 1.82) is 0 Å². The number of likely N-dealkylation sites (N-methyl/N-ethyl adjacent to an activating group) is 1. The standard InChI is InChI=1S/C32H28ClF4N5O2/c1-16(34)31(43)41-10-9-24-25(41)14-42(24)30-21-12-23(36)27(20-7-3-5-17-6-4-8-22(33)26(17)20)28(37)29(21)38-32(39-30)44-15-19-11-18(35)13-40(19)2/h3-8,12,18-19,24-25H,1,9-11,13-15H2,2H3/t18-,19+,24?,25-/m1/s1. The first-order valence-corrected chi connectivity index (χ1v) is 14.8. The summed E-state index contributed by atoms with van der Waals surface area (Å²) in [5.41, 5.74) is -0.169. The predicted molar refractivity (Wildman–Crippen MR) is 160 cm³/mol. The molecule has 0 aliphatic carbocycles. The summed E-state index contributed by atoms with van der Waals surface area (Å²) in [4.78, 5) is 26.4. The summed E-state index contributed by atoms with van der Waals surface area (Å²) in [6.07, 6.45) is -0.195. The minimum absolute atomic E-state index is 0.0728. The SMILES string of the molecule is C=C(F)C(=O)N1CCC2[C@H]1CN2c1nc(OC[C@@H]2C[C@@H](F)CN2C)nc2c(F)c(-c3cccc4cccc(Cl)c34)c(F)cc12. The first kappa shape index (κ1) is 28.8. The zero-order valence-electron chi connectivity index (χ0n) is 23.7. The molecule has 4 atom stereocenters. The van der Waals surface area contributed by atoms with E-state index in [4.69, 9.17) is 16.3 Å². The lowest BCUT2D eigenvalue weighted by atomic mass is 9.94. The molecule has 3 aliphatic heterocycles. The Kier molecular flexibility index (Phi) is 7.12. The number of hydrogen-bond acceptors (Lipinski definition) is 6. The summed E-state index contributed by atoms with van der Waals surface area (Å²) < 4.78 is 66.2. The molecule has 44 heavy (non-hydrogen) atoms. The van der Waals surface area contributed by atoms with Gasteiger partial charge >= 0.3 is 6.01 Å². The fourth-order valence-corrected chi connectivity index (χ4v) is 7.13. The lowest BCUT2D eigenvalue weighted by Gasteiger charge is -2.47. The number of aromatic nitrogens is 2. The number of ether oxygens (including phenoxy) is 1. The lowest BCUT2D eigenvalue weighted by molar-refractivity contribution is -0.130. The summed E-state index contributed by atoms with van der Waals surface area (Å²) in [6.45, 7) is 4.06. The molecule has 4 aromatic rings. The number of hydrogen-bond donors (Lipinski definition) is 0. The number of carbonyl (C=O) groups is 1. The van der Waals surface area contributed by atoms with Gasteiger partial charge in [0.2, 0.25) is 0 Å². The van der Waals surface area contributed by atoms with E-state index < -0.39 is 29.5 Å². The Labute approximate surface area is 255 Å². The van der Waals surface area contributed by atoms with E-state index in [1.807, 2.05) is 21.9 Å². The first-order valence-electron chi connectivity index (χ1n) is 14.4. The monoisotopic (exact) mass is 625 g/mol. The summed E-state index contributed by atoms with van der Waals surface area (Å²) in [5.74, 6) is -3.29. The van der Waals surface area contributed by atoms with Crippen LogP contribution < -0.4 is 9.64 Å². The first-order chi connectivity index (χ1) is 21.1. The third-order valence-electron chi connectivity index (χ3n) is 9.07. The Bertz CT molecular complexity index is 1840. The van der Waals surface area contributed by atoms with Crippen LogP contribution in [0, 0.1) is 11.6 Å². The lowest BCUT2D eigenvalue weighted by Crippen LogP contribution is -2.63. The van der Waals surface area contributed by atoms with Crippen LogP contribution >= 0.6 is 11.6 Å². The van der Waals surface area contributed by atoms with Crippen LogP contribution in [0.2, 0.25) is 5.02 Å². The Morgan fingerprint density at radius 1 is 1.14 bits per heavy atom. The molecule has 1 amide bonds. The molecule has 0 spiro atoms. The van der Waals surface area contributed by atoms with E-state index in [0.717, 1.165) is 5.39 Å². The highest BCUT2D eigenvalue weighted by atomic mass is 35.5. The number of nitrogens with zero attached hydrogens (tertiary/aromatic N) is 5. The smallest absolute Gasteiger partial charge is 0.319 e. The number of likely N-dealkylation sites (tertiary alicyclic amines) is 2. The zero-order valence-corrected chi connectivity index (χ0v) is 24.5. The second-order valence-electron chi connectivity index (χ2n) is 11.6. The van der Waals surface area contributed by atoms with Crippen molar-refractivity contribution in [3.05, 3.63) is 71.5 Å². The van der Waals surface area contributed by atoms with Crippen LogP contribution in [0.25, 0.3) is 32.8 Å². The molecule has 7 nitrogen and oxygen atoms in total. The topological polar surface area (TPSA) is 61.8 Å². The highest BCUT2D eigenvalue weighted by Gasteiger charge is 2.50. The Morgan fingerprint density at radius 2 is 1.91 bits per heavy atom. The van der Waals surface area contributed by atoms with Crippen LogP contribution in [-0.2, 0) is 4.79 Å². The molecular weight excluding hydrogens is 598 g/mol. The molecule has 0 saturated carbocycles. The van der Waals surface area contributed by atoms with Crippen molar-refractivity contribution in [2.45, 2.75) is 37.1 Å². The number of alkyl halides is 1. The second kappa shape index (κ2) is 10.9. The van der Waals surface area contributed by atoms with Crippen molar-refractivity contribution >= 4 is 45.0 Å². The van der Waals surface area contributed by atoms with Gasteiger partial charge in [0, 0.05) is 41.5 Å². The van der Waals surface area contributed by atoms with E-state index >= 15 is 8.78 Å². The Balaban J connectivity index is 1.34. The molecule has 3 aliphatic rings. The Morgan fingerprint density at radius 3 is 2.64 bits per heavy atom. The van der Waals surface area contributed by atoms with Crippen LogP contribution in [0.1, 0.15) is 12.8 Å². The van der Waals surface area contributed by atoms with Gasteiger partial charge in [-0.25, -0.2) is 17.6 Å². The number of rotatable bonds is 6. The molecule has 0 bridgehead atoms. The van der Waals surface area contributed by atoms with Gasteiger partial charge in [0.25, 0.3) is 5.91 Å². The van der Waals surface area contributed by atoms with Gasteiger partial charge in [0.15, 0.2) is 11.6 Å². The minimum atomic E-state index is -1.04. The Hall–Kier alpha value is -3.96. The van der Waals surface area contributed by atoms with Crippen LogP contribution in [0.5, 0.6) is 6.01 Å². The number of carbonyl (C=O) groups excluding carboxylic acids is 1. The van der Waals surface area contributed by atoms with E-state index in [2.05, 4.69) is 16.5 Å². The largest absolute Gasteiger partial charge is 0.462 e. The van der Waals surface area contributed by atoms with Gasteiger partial charge < -0.3 is 14.5 Å². The van der Waals surface area contributed by atoms with Gasteiger partial charge in [-0.3, -0.25) is 9.69 Å². The molecule has 1 unspecified atom stereocenters. The summed E-state index contributed by atoms with van der Waals surface area (Å²) in [5, 5.41) is 1.69. The van der Waals surface area contributed by atoms with Crippen LogP contribution in [0.4, 0.5) is 23.4 Å². The van der Waals surface area contributed by atoms with E-state index in [1.165, 1.54) is 11.0 Å². The third kappa shape index (κ3) is 4.64. The average molecular weight is 626 g/mol. The number of fused-ring (bicyclic) bond motifs is 3.